The third kappa shape index (κ3) is 8.81. The molecule has 2 aromatic carbocycles. The van der Waals surface area contributed by atoms with Crippen LogP contribution in [0.5, 0.6) is 0 Å². The Labute approximate surface area is 276 Å². The zero-order valence-corrected chi connectivity index (χ0v) is 29.0. The lowest BCUT2D eigenvalue weighted by Gasteiger charge is -2.40. The lowest BCUT2D eigenvalue weighted by molar-refractivity contribution is -0.133. The van der Waals surface area contributed by atoms with Crippen LogP contribution in [0.1, 0.15) is 69.7 Å². The van der Waals surface area contributed by atoms with Gasteiger partial charge in [-0.2, -0.15) is 0 Å². The minimum atomic E-state index is -0.668. The number of piperidine rings is 1. The van der Waals surface area contributed by atoms with Crippen molar-refractivity contribution in [1.82, 2.24) is 24.9 Å². The lowest BCUT2D eigenvalue weighted by Crippen LogP contribution is -2.56. The first-order valence-corrected chi connectivity index (χ1v) is 17.4. The molecule has 0 bridgehead atoms. The van der Waals surface area contributed by atoms with Crippen LogP contribution in [0, 0.1) is 0 Å². The number of hydrogen-bond donors (Lipinski definition) is 2. The molecule has 0 aliphatic carbocycles. The highest BCUT2D eigenvalue weighted by Crippen LogP contribution is 2.23. The molecule has 0 aromatic heterocycles. The van der Waals surface area contributed by atoms with E-state index in [1.165, 1.54) is 16.7 Å². The fraction of sp³-hybridized carbons (Fsp3) is 0.595. The number of anilines is 1. The summed E-state index contributed by atoms with van der Waals surface area (Å²) in [6.07, 6.45) is 4.59. The van der Waals surface area contributed by atoms with Crippen molar-refractivity contribution < 1.29 is 14.4 Å². The standard InChI is InChI=1S/C37H56N6O3/c1-7-29-16-15-28(23-30(29)8-2)24-34(36(45)40(6)26-27(5)41(9-3)10-4)39-37(46)42-20-18-32(19-21-42)43-22-17-31-13-11-12-14-33(31)38-25-35(43)44/h11-16,23,27,32,34,38H,7-10,17-22,24-26H2,1-6H3,(H,39,46)/t27?,34-/m1/s1. The molecule has 9 heteroatoms. The van der Waals surface area contributed by atoms with Crippen LogP contribution < -0.4 is 10.6 Å². The second kappa shape index (κ2) is 16.8. The number of amides is 4. The van der Waals surface area contributed by atoms with Crippen LogP contribution in [0.4, 0.5) is 10.5 Å². The van der Waals surface area contributed by atoms with E-state index in [0.717, 1.165) is 56.4 Å². The SMILES string of the molecule is CCc1ccc(C[C@@H](NC(=O)N2CCC(N3CCc4ccccc4NCC3=O)CC2)C(=O)N(C)CC(C)N(CC)CC)cc1CC. The van der Waals surface area contributed by atoms with Crippen LogP contribution in [0.3, 0.4) is 0 Å². The second-order valence-corrected chi connectivity index (χ2v) is 12.9. The van der Waals surface area contributed by atoms with E-state index in [1.807, 2.05) is 35.0 Å². The molecule has 1 saturated heterocycles. The Morgan fingerprint density at radius 3 is 2.35 bits per heavy atom. The number of urea groups is 1. The molecule has 2 aromatic rings. The summed E-state index contributed by atoms with van der Waals surface area (Å²) in [5.74, 6) is 0.0319. The Morgan fingerprint density at radius 1 is 0.978 bits per heavy atom. The monoisotopic (exact) mass is 632 g/mol. The van der Waals surface area contributed by atoms with Crippen LogP contribution in [-0.4, -0.2) is 108 Å². The lowest BCUT2D eigenvalue weighted by atomic mass is 9.96. The van der Waals surface area contributed by atoms with Gasteiger partial charge in [-0.05, 0) is 80.4 Å². The van der Waals surface area contributed by atoms with E-state index >= 15 is 0 Å². The fourth-order valence-electron chi connectivity index (χ4n) is 7.19. The topological polar surface area (TPSA) is 88.2 Å². The van der Waals surface area contributed by atoms with Crippen LogP contribution in [0.15, 0.2) is 42.5 Å². The van der Waals surface area contributed by atoms with Gasteiger partial charge in [-0.25, -0.2) is 4.79 Å². The molecule has 46 heavy (non-hydrogen) atoms. The molecule has 9 nitrogen and oxygen atoms in total. The Hall–Kier alpha value is -3.59. The molecule has 2 aliphatic heterocycles. The van der Waals surface area contributed by atoms with Crippen LogP contribution in [0.25, 0.3) is 0 Å². The summed E-state index contributed by atoms with van der Waals surface area (Å²) in [6.45, 7) is 15.2. The first-order valence-electron chi connectivity index (χ1n) is 17.4. The minimum absolute atomic E-state index is 0.0705. The Kier molecular flexibility index (Phi) is 12.9. The number of carbonyl (C=O) groups is 3. The maximum atomic E-state index is 13.9. The smallest absolute Gasteiger partial charge is 0.318 e. The summed E-state index contributed by atoms with van der Waals surface area (Å²) in [7, 11) is 1.85. The van der Waals surface area contributed by atoms with E-state index in [1.54, 1.807) is 4.90 Å². The number of benzene rings is 2. The van der Waals surface area contributed by atoms with E-state index in [0.29, 0.717) is 32.6 Å². The van der Waals surface area contributed by atoms with Gasteiger partial charge in [-0.3, -0.25) is 14.5 Å². The maximum Gasteiger partial charge on any atom is 0.318 e. The molecule has 4 amide bonds. The number of nitrogens with zero attached hydrogens (tertiary/aromatic N) is 4. The zero-order valence-electron chi connectivity index (χ0n) is 29.0. The molecule has 252 valence electrons. The van der Waals surface area contributed by atoms with E-state index < -0.39 is 6.04 Å². The highest BCUT2D eigenvalue weighted by atomic mass is 16.2. The van der Waals surface area contributed by atoms with Gasteiger partial charge in [0.05, 0.1) is 6.54 Å². The molecule has 0 saturated carbocycles. The highest BCUT2D eigenvalue weighted by molar-refractivity contribution is 5.87. The van der Waals surface area contributed by atoms with Crippen LogP contribution >= 0.6 is 0 Å². The average Bonchev–Trinajstić information content (AvgIpc) is 3.06. The third-order valence-electron chi connectivity index (χ3n) is 10.0. The molecule has 2 N–H and O–H groups in total. The van der Waals surface area contributed by atoms with Gasteiger partial charge in [-0.1, -0.05) is 64.1 Å². The quantitative estimate of drug-likeness (QED) is 0.358. The van der Waals surface area contributed by atoms with E-state index in [-0.39, 0.29) is 36.5 Å². The van der Waals surface area contributed by atoms with E-state index in [9.17, 15) is 14.4 Å². The van der Waals surface area contributed by atoms with E-state index in [4.69, 9.17) is 0 Å². The van der Waals surface area contributed by atoms with Gasteiger partial charge < -0.3 is 25.3 Å². The number of nitrogens with one attached hydrogen (secondary N) is 2. The highest BCUT2D eigenvalue weighted by Gasteiger charge is 2.33. The number of likely N-dealkylation sites (tertiary alicyclic amines) is 1. The van der Waals surface area contributed by atoms with Gasteiger partial charge >= 0.3 is 6.03 Å². The van der Waals surface area contributed by atoms with Gasteiger partial charge in [0, 0.05) is 57.4 Å². The number of rotatable bonds is 12. The fourth-order valence-corrected chi connectivity index (χ4v) is 7.19. The Bertz CT molecular complexity index is 1320. The largest absolute Gasteiger partial charge is 0.376 e. The number of aryl methyl sites for hydroxylation is 2. The molecule has 2 atom stereocenters. The zero-order chi connectivity index (χ0) is 33.2. The second-order valence-electron chi connectivity index (χ2n) is 12.9. The van der Waals surface area contributed by atoms with Crippen molar-refractivity contribution in [2.24, 2.45) is 0 Å². The summed E-state index contributed by atoms with van der Waals surface area (Å²) in [5.41, 5.74) is 5.93. The normalized spacial score (nSPS) is 17.1. The van der Waals surface area contributed by atoms with Crippen molar-refractivity contribution in [3.05, 3.63) is 64.7 Å². The van der Waals surface area contributed by atoms with Crippen molar-refractivity contribution >= 4 is 23.5 Å². The Morgan fingerprint density at radius 2 is 1.67 bits per heavy atom. The number of carbonyl (C=O) groups excluding carboxylic acids is 3. The molecule has 0 spiro atoms. The first-order chi connectivity index (χ1) is 22.2. The van der Waals surface area contributed by atoms with Crippen molar-refractivity contribution in [3.8, 4) is 0 Å². The van der Waals surface area contributed by atoms with Gasteiger partial charge in [0.15, 0.2) is 0 Å². The van der Waals surface area contributed by atoms with Crippen molar-refractivity contribution in [2.75, 3.05) is 58.2 Å². The van der Waals surface area contributed by atoms with Gasteiger partial charge in [0.25, 0.3) is 0 Å². The van der Waals surface area contributed by atoms with Crippen molar-refractivity contribution in [1.29, 1.82) is 0 Å². The average molecular weight is 633 g/mol. The minimum Gasteiger partial charge on any atom is -0.376 e. The molecule has 4 rings (SSSR count). The van der Waals surface area contributed by atoms with Gasteiger partial charge in [-0.15, -0.1) is 0 Å². The molecule has 2 aliphatic rings. The molecule has 0 radical (unpaired) electrons. The molecule has 1 unspecified atom stereocenters. The predicted octanol–water partition coefficient (Wildman–Crippen LogP) is 4.58. The van der Waals surface area contributed by atoms with E-state index in [2.05, 4.69) is 74.4 Å². The molecule has 1 fully saturated rings. The summed E-state index contributed by atoms with van der Waals surface area (Å²) in [6, 6.07) is 14.1. The van der Waals surface area contributed by atoms with Crippen molar-refractivity contribution in [2.45, 2.75) is 91.3 Å². The molecular weight excluding hydrogens is 576 g/mol. The first kappa shape index (κ1) is 35.3. The number of para-hydroxylation sites is 1. The third-order valence-corrected chi connectivity index (χ3v) is 10.0. The molecule has 2 heterocycles. The summed E-state index contributed by atoms with van der Waals surface area (Å²) in [4.78, 5) is 48.7. The Balaban J connectivity index is 1.42. The number of likely N-dealkylation sites (N-methyl/N-ethyl adjacent to an activating group) is 2. The number of hydrogen-bond acceptors (Lipinski definition) is 5. The predicted molar refractivity (Wildman–Crippen MR) is 186 cm³/mol. The molecular formula is C37H56N6O3. The maximum absolute atomic E-state index is 13.9. The van der Waals surface area contributed by atoms with Gasteiger partial charge in [0.1, 0.15) is 6.04 Å². The number of fused-ring (bicyclic) bond motifs is 1. The summed E-state index contributed by atoms with van der Waals surface area (Å²) >= 11 is 0. The summed E-state index contributed by atoms with van der Waals surface area (Å²) < 4.78 is 0. The summed E-state index contributed by atoms with van der Waals surface area (Å²) in [5, 5.41) is 6.44. The van der Waals surface area contributed by atoms with Crippen molar-refractivity contribution in [3.63, 3.8) is 0 Å². The van der Waals surface area contributed by atoms with Gasteiger partial charge in [0.2, 0.25) is 11.8 Å². The van der Waals surface area contributed by atoms with Crippen LogP contribution in [-0.2, 0) is 35.3 Å². The van der Waals surface area contributed by atoms with Crippen LogP contribution in [0.2, 0.25) is 0 Å².